The molecule has 2 aliphatic carbocycles. The average Bonchev–Trinajstić information content (AvgIpc) is 3.75. The van der Waals surface area contributed by atoms with Crippen molar-refractivity contribution in [2.24, 2.45) is 5.41 Å². The molecule has 1 heterocycles. The van der Waals surface area contributed by atoms with Gasteiger partial charge in [-0.3, -0.25) is 9.48 Å². The van der Waals surface area contributed by atoms with Crippen LogP contribution in [0.2, 0.25) is 0 Å². The molecule has 3 aromatic rings. The first kappa shape index (κ1) is 25.0. The SMILES string of the molecule is COC(=O)c1cc(NC(=O)C2(c3ccc(C(F)(F)F)cc3F)CC2)ccc1-c1cnn(CC2(C)CC2)c1. The van der Waals surface area contributed by atoms with Crippen LogP contribution in [0, 0.1) is 11.2 Å². The normalized spacial score (nSPS) is 17.2. The smallest absolute Gasteiger partial charge is 0.416 e. The van der Waals surface area contributed by atoms with Crippen molar-refractivity contribution >= 4 is 17.6 Å². The van der Waals surface area contributed by atoms with E-state index >= 15 is 0 Å². The Bertz CT molecular complexity index is 1390. The molecular weight excluding hydrogens is 490 g/mol. The number of esters is 1. The van der Waals surface area contributed by atoms with Crippen molar-refractivity contribution in [1.29, 1.82) is 0 Å². The van der Waals surface area contributed by atoms with Crippen molar-refractivity contribution < 1.29 is 31.9 Å². The Kier molecular flexibility index (Phi) is 5.88. The molecule has 2 aromatic carbocycles. The standard InChI is InChI=1S/C27H25F4N3O3/c1-25(7-8-25)15-34-14-16(13-32-34)19-5-4-18(12-20(19)23(35)37-2)33-24(36)26(9-10-26)21-6-3-17(11-22(21)28)27(29,30)31/h3-6,11-14H,7-10,15H2,1-2H3,(H,33,36). The summed E-state index contributed by atoms with van der Waals surface area (Å²) in [7, 11) is 1.25. The maximum Gasteiger partial charge on any atom is 0.416 e. The number of aromatic nitrogens is 2. The molecular formula is C27H25F4N3O3. The number of hydrogen-bond acceptors (Lipinski definition) is 4. The molecule has 0 aliphatic heterocycles. The first-order valence-corrected chi connectivity index (χ1v) is 11.9. The van der Waals surface area contributed by atoms with Crippen LogP contribution in [-0.2, 0) is 27.7 Å². The minimum absolute atomic E-state index is 0.0837. The van der Waals surface area contributed by atoms with Gasteiger partial charge >= 0.3 is 12.1 Å². The van der Waals surface area contributed by atoms with Crippen molar-refractivity contribution in [2.75, 3.05) is 12.4 Å². The number of methoxy groups -OCH3 is 1. The third-order valence-corrected chi connectivity index (χ3v) is 7.27. The molecule has 0 radical (unpaired) electrons. The number of ether oxygens (including phenoxy) is 1. The monoisotopic (exact) mass is 515 g/mol. The first-order chi connectivity index (χ1) is 17.4. The summed E-state index contributed by atoms with van der Waals surface area (Å²) < 4.78 is 60.2. The van der Waals surface area contributed by atoms with E-state index in [-0.39, 0.29) is 22.2 Å². The Morgan fingerprint density at radius 3 is 2.43 bits per heavy atom. The van der Waals surface area contributed by atoms with Gasteiger partial charge in [0.2, 0.25) is 5.91 Å². The summed E-state index contributed by atoms with van der Waals surface area (Å²) in [5.41, 5.74) is -0.433. The summed E-state index contributed by atoms with van der Waals surface area (Å²) in [6.45, 7) is 2.96. The molecule has 1 amide bonds. The van der Waals surface area contributed by atoms with Gasteiger partial charge in [0, 0.05) is 29.6 Å². The summed E-state index contributed by atoms with van der Waals surface area (Å²) in [5, 5.41) is 7.11. The topological polar surface area (TPSA) is 73.2 Å². The number of rotatable bonds is 7. The van der Waals surface area contributed by atoms with Gasteiger partial charge in [-0.15, -0.1) is 0 Å². The molecule has 37 heavy (non-hydrogen) atoms. The molecule has 6 nitrogen and oxygen atoms in total. The van der Waals surface area contributed by atoms with Gasteiger partial charge in [0.15, 0.2) is 0 Å². The molecule has 0 saturated heterocycles. The van der Waals surface area contributed by atoms with Crippen LogP contribution in [0.25, 0.3) is 11.1 Å². The second kappa shape index (κ2) is 8.71. The molecule has 0 spiro atoms. The maximum atomic E-state index is 14.6. The number of halogens is 4. The van der Waals surface area contributed by atoms with Crippen LogP contribution in [0.1, 0.15) is 54.1 Å². The highest BCUT2D eigenvalue weighted by atomic mass is 19.4. The van der Waals surface area contributed by atoms with Crippen molar-refractivity contribution in [2.45, 2.75) is 50.7 Å². The summed E-state index contributed by atoms with van der Waals surface area (Å²) in [5.74, 6) is -2.24. The minimum atomic E-state index is -4.68. The third-order valence-electron chi connectivity index (χ3n) is 7.27. The van der Waals surface area contributed by atoms with E-state index < -0.39 is 34.8 Å². The molecule has 0 atom stereocenters. The summed E-state index contributed by atoms with van der Waals surface area (Å²) in [6, 6.07) is 6.96. The number of benzene rings is 2. The minimum Gasteiger partial charge on any atom is -0.465 e. The predicted octanol–water partition coefficient (Wildman–Crippen LogP) is 5.97. The Balaban J connectivity index is 1.39. The average molecular weight is 516 g/mol. The van der Waals surface area contributed by atoms with Crippen molar-refractivity contribution in [3.05, 3.63) is 71.3 Å². The van der Waals surface area contributed by atoms with Crippen LogP contribution in [0.3, 0.4) is 0 Å². The number of nitrogens with zero attached hydrogens (tertiary/aromatic N) is 2. The number of amides is 1. The maximum absolute atomic E-state index is 14.6. The van der Waals surface area contributed by atoms with Crippen molar-refractivity contribution in [3.8, 4) is 11.1 Å². The van der Waals surface area contributed by atoms with Crippen LogP contribution in [0.4, 0.5) is 23.2 Å². The van der Waals surface area contributed by atoms with Gasteiger partial charge in [-0.25, -0.2) is 9.18 Å². The summed E-state index contributed by atoms with van der Waals surface area (Å²) >= 11 is 0. The van der Waals surface area contributed by atoms with E-state index in [2.05, 4.69) is 17.3 Å². The Labute approximate surface area is 210 Å². The molecule has 2 saturated carbocycles. The number of carbonyl (C=O) groups excluding carboxylic acids is 2. The van der Waals surface area contributed by atoms with Crippen LogP contribution < -0.4 is 5.32 Å². The molecule has 2 aliphatic rings. The molecule has 0 unspecified atom stereocenters. The van der Waals surface area contributed by atoms with Crippen LogP contribution >= 0.6 is 0 Å². The van der Waals surface area contributed by atoms with E-state index in [0.29, 0.717) is 30.0 Å². The van der Waals surface area contributed by atoms with Gasteiger partial charge in [0.05, 0.1) is 29.8 Å². The van der Waals surface area contributed by atoms with E-state index in [4.69, 9.17) is 4.74 Å². The highest BCUT2D eigenvalue weighted by Crippen LogP contribution is 2.50. The van der Waals surface area contributed by atoms with Crippen LogP contribution in [0.15, 0.2) is 48.8 Å². The zero-order valence-corrected chi connectivity index (χ0v) is 20.3. The van der Waals surface area contributed by atoms with Gasteiger partial charge in [-0.2, -0.15) is 18.3 Å². The van der Waals surface area contributed by atoms with E-state index in [9.17, 15) is 27.2 Å². The van der Waals surface area contributed by atoms with Crippen LogP contribution in [-0.4, -0.2) is 28.8 Å². The molecule has 1 aromatic heterocycles. The highest BCUT2D eigenvalue weighted by molar-refractivity contribution is 6.04. The number of carbonyl (C=O) groups is 2. The number of hydrogen-bond donors (Lipinski definition) is 1. The molecule has 10 heteroatoms. The highest BCUT2D eigenvalue weighted by Gasteiger charge is 2.53. The second-order valence-electron chi connectivity index (χ2n) is 10.2. The Morgan fingerprint density at radius 2 is 1.84 bits per heavy atom. The van der Waals surface area contributed by atoms with Gasteiger partial charge in [0.25, 0.3) is 0 Å². The second-order valence-corrected chi connectivity index (χ2v) is 10.2. The van der Waals surface area contributed by atoms with E-state index in [0.717, 1.165) is 31.5 Å². The van der Waals surface area contributed by atoms with Crippen LogP contribution in [0.5, 0.6) is 0 Å². The molecule has 5 rings (SSSR count). The molecule has 2 fully saturated rings. The lowest BCUT2D eigenvalue weighted by Crippen LogP contribution is -2.29. The van der Waals surface area contributed by atoms with E-state index in [1.807, 2.05) is 10.9 Å². The van der Waals surface area contributed by atoms with Crippen molar-refractivity contribution in [1.82, 2.24) is 9.78 Å². The van der Waals surface area contributed by atoms with Gasteiger partial charge in [-0.1, -0.05) is 19.1 Å². The largest absolute Gasteiger partial charge is 0.465 e. The number of nitrogens with one attached hydrogen (secondary N) is 1. The third kappa shape index (κ3) is 4.84. The van der Waals surface area contributed by atoms with Crippen molar-refractivity contribution in [3.63, 3.8) is 0 Å². The predicted molar refractivity (Wildman–Crippen MR) is 127 cm³/mol. The lowest BCUT2D eigenvalue weighted by molar-refractivity contribution is -0.137. The summed E-state index contributed by atoms with van der Waals surface area (Å²) in [6.07, 6.45) is 1.71. The zero-order chi connectivity index (χ0) is 26.6. The lowest BCUT2D eigenvalue weighted by atomic mass is 9.93. The quantitative estimate of drug-likeness (QED) is 0.311. The number of alkyl halides is 3. The van der Waals surface area contributed by atoms with Gasteiger partial charge in [0.1, 0.15) is 5.82 Å². The Hall–Kier alpha value is -3.69. The Morgan fingerprint density at radius 1 is 1.11 bits per heavy atom. The van der Waals surface area contributed by atoms with E-state index in [1.54, 1.807) is 18.3 Å². The lowest BCUT2D eigenvalue weighted by Gasteiger charge is -2.18. The van der Waals surface area contributed by atoms with E-state index in [1.165, 1.54) is 13.2 Å². The first-order valence-electron chi connectivity index (χ1n) is 11.9. The van der Waals surface area contributed by atoms with Gasteiger partial charge < -0.3 is 10.1 Å². The molecule has 194 valence electrons. The zero-order valence-electron chi connectivity index (χ0n) is 20.3. The number of anilines is 1. The fourth-order valence-corrected chi connectivity index (χ4v) is 4.58. The fraction of sp³-hybridized carbons (Fsp3) is 0.370. The van der Waals surface area contributed by atoms with Gasteiger partial charge in [-0.05, 0) is 60.9 Å². The summed E-state index contributed by atoms with van der Waals surface area (Å²) in [4.78, 5) is 25.7. The fourth-order valence-electron chi connectivity index (χ4n) is 4.58. The molecule has 1 N–H and O–H groups in total. The molecule has 0 bridgehead atoms.